The second-order valence-electron chi connectivity index (χ2n) is 6.25. The van der Waals surface area contributed by atoms with Crippen molar-refractivity contribution in [3.8, 4) is 0 Å². The van der Waals surface area contributed by atoms with Crippen LogP contribution in [0, 0.1) is 11.6 Å². The summed E-state index contributed by atoms with van der Waals surface area (Å²) in [6.45, 7) is 1.61. The third-order valence-corrected chi connectivity index (χ3v) is 5.37. The maximum Gasteiger partial charge on any atom is 0.137 e. The minimum atomic E-state index is -1.75. The molecule has 0 aliphatic carbocycles. The van der Waals surface area contributed by atoms with Gasteiger partial charge in [-0.1, -0.05) is 19.1 Å². The predicted octanol–water partition coefficient (Wildman–Crippen LogP) is 2.38. The highest BCUT2D eigenvalue weighted by Gasteiger charge is 2.40. The molecule has 1 N–H and O–H groups in total. The number of hydrogen-bond donors (Lipinski definition) is 1. The molecule has 0 saturated carbocycles. The highest BCUT2D eigenvalue weighted by Crippen LogP contribution is 2.39. The molecule has 0 spiro atoms. The molecule has 0 saturated heterocycles. The quantitative estimate of drug-likeness (QED) is 0.697. The molecule has 3 rings (SSSR count). The lowest BCUT2D eigenvalue weighted by Crippen LogP contribution is -2.38. The molecular formula is C18H18F2N4O2S. The fourth-order valence-corrected chi connectivity index (χ4v) is 3.41. The van der Waals surface area contributed by atoms with Gasteiger partial charge in [-0.2, -0.15) is 5.10 Å². The van der Waals surface area contributed by atoms with Gasteiger partial charge in [0.25, 0.3) is 0 Å². The van der Waals surface area contributed by atoms with Gasteiger partial charge in [-0.3, -0.25) is 4.21 Å². The normalized spacial score (nSPS) is 15.9. The smallest absolute Gasteiger partial charge is 0.137 e. The molecule has 1 unspecified atom stereocenters. The Bertz CT molecular complexity index is 951. The monoisotopic (exact) mass is 392 g/mol. The Balaban J connectivity index is 2.06. The maximum atomic E-state index is 14.5. The van der Waals surface area contributed by atoms with Crippen molar-refractivity contribution in [1.29, 1.82) is 0 Å². The molecule has 0 bridgehead atoms. The molecular weight excluding hydrogens is 374 g/mol. The number of aromatic nitrogens is 4. The van der Waals surface area contributed by atoms with E-state index in [1.807, 2.05) is 0 Å². The van der Waals surface area contributed by atoms with Gasteiger partial charge >= 0.3 is 0 Å². The molecule has 2 aromatic heterocycles. The molecule has 142 valence electrons. The molecule has 9 heteroatoms. The number of rotatable bonds is 6. The topological polar surface area (TPSA) is 80.9 Å². The SMILES string of the molecule is C[C@H](c1ccc(S(C)=O)nc1)[C@@](O)(Cn1cncn1)c1ccc(F)cc1F. The van der Waals surface area contributed by atoms with Crippen molar-refractivity contribution >= 4 is 10.8 Å². The first-order chi connectivity index (χ1) is 12.8. The number of nitrogens with zero attached hydrogens (tertiary/aromatic N) is 4. The summed E-state index contributed by atoms with van der Waals surface area (Å²) >= 11 is 0. The van der Waals surface area contributed by atoms with E-state index in [1.54, 1.807) is 19.1 Å². The third-order valence-electron chi connectivity index (χ3n) is 4.54. The Labute approximate surface area is 157 Å². The molecule has 3 aromatic rings. The lowest BCUT2D eigenvalue weighted by atomic mass is 9.78. The van der Waals surface area contributed by atoms with Crippen LogP contribution in [-0.2, 0) is 22.9 Å². The molecule has 0 aliphatic rings. The van der Waals surface area contributed by atoms with Crippen LogP contribution in [0.2, 0.25) is 0 Å². The van der Waals surface area contributed by atoms with Gasteiger partial charge in [0, 0.05) is 30.0 Å². The van der Waals surface area contributed by atoms with Crippen molar-refractivity contribution in [3.05, 3.63) is 71.9 Å². The second-order valence-corrected chi connectivity index (χ2v) is 7.57. The van der Waals surface area contributed by atoms with Crippen molar-refractivity contribution in [1.82, 2.24) is 19.7 Å². The summed E-state index contributed by atoms with van der Waals surface area (Å²) in [4.78, 5) is 7.98. The van der Waals surface area contributed by atoms with E-state index in [1.165, 1.54) is 35.9 Å². The Morgan fingerprint density at radius 3 is 2.63 bits per heavy atom. The van der Waals surface area contributed by atoms with Crippen LogP contribution in [0.5, 0.6) is 0 Å². The standard InChI is InChI=1S/C18H18F2N4O2S/c1-12(13-3-6-17(22-8-13)27(2)26)18(25,9-24-11-21-10-23-24)15-5-4-14(19)7-16(15)20/h3-8,10-12,25H,9H2,1-2H3/t12-,18+,27?/m1/s1. The summed E-state index contributed by atoms with van der Waals surface area (Å²) in [7, 11) is -1.24. The van der Waals surface area contributed by atoms with Crippen LogP contribution in [0.25, 0.3) is 0 Å². The molecule has 0 amide bonds. The number of benzene rings is 1. The van der Waals surface area contributed by atoms with E-state index >= 15 is 0 Å². The molecule has 0 fully saturated rings. The third kappa shape index (κ3) is 3.93. The summed E-state index contributed by atoms with van der Waals surface area (Å²) in [5.41, 5.74) is -1.20. The zero-order valence-electron chi connectivity index (χ0n) is 14.7. The largest absolute Gasteiger partial charge is 0.382 e. The van der Waals surface area contributed by atoms with Crippen molar-refractivity contribution in [2.24, 2.45) is 0 Å². The van der Waals surface area contributed by atoms with Crippen molar-refractivity contribution in [2.75, 3.05) is 6.26 Å². The van der Waals surface area contributed by atoms with Crippen LogP contribution in [0.4, 0.5) is 8.78 Å². The average Bonchev–Trinajstić information content (AvgIpc) is 3.13. The fourth-order valence-electron chi connectivity index (χ4n) is 2.95. The Morgan fingerprint density at radius 2 is 2.07 bits per heavy atom. The molecule has 0 radical (unpaired) electrons. The van der Waals surface area contributed by atoms with Gasteiger partial charge in [-0.15, -0.1) is 0 Å². The Morgan fingerprint density at radius 1 is 1.30 bits per heavy atom. The van der Waals surface area contributed by atoms with Gasteiger partial charge in [0.1, 0.15) is 34.9 Å². The molecule has 0 aliphatic heterocycles. The first-order valence-corrected chi connectivity index (χ1v) is 9.67. The van der Waals surface area contributed by atoms with E-state index in [4.69, 9.17) is 0 Å². The van der Waals surface area contributed by atoms with Gasteiger partial charge in [-0.25, -0.2) is 23.4 Å². The van der Waals surface area contributed by atoms with Gasteiger partial charge in [0.15, 0.2) is 0 Å². The number of pyridine rings is 1. The van der Waals surface area contributed by atoms with E-state index in [0.717, 1.165) is 12.1 Å². The molecule has 6 nitrogen and oxygen atoms in total. The minimum absolute atomic E-state index is 0.0601. The highest BCUT2D eigenvalue weighted by molar-refractivity contribution is 7.84. The molecule has 2 heterocycles. The van der Waals surface area contributed by atoms with E-state index < -0.39 is 34.0 Å². The van der Waals surface area contributed by atoms with Gasteiger partial charge < -0.3 is 5.11 Å². The Kier molecular flexibility index (Phi) is 5.43. The van der Waals surface area contributed by atoms with E-state index in [9.17, 15) is 18.1 Å². The van der Waals surface area contributed by atoms with Gasteiger partial charge in [0.2, 0.25) is 0 Å². The summed E-state index contributed by atoms with van der Waals surface area (Å²) in [6.07, 6.45) is 5.72. The van der Waals surface area contributed by atoms with Crippen LogP contribution >= 0.6 is 0 Å². The highest BCUT2D eigenvalue weighted by atomic mass is 32.2. The zero-order chi connectivity index (χ0) is 19.6. The summed E-state index contributed by atoms with van der Waals surface area (Å²) in [6, 6.07) is 6.33. The predicted molar refractivity (Wildman–Crippen MR) is 95.3 cm³/mol. The van der Waals surface area contributed by atoms with Crippen LogP contribution in [0.15, 0.2) is 54.2 Å². The van der Waals surface area contributed by atoms with Crippen LogP contribution in [0.3, 0.4) is 0 Å². The Hall–Kier alpha value is -2.52. The fraction of sp³-hybridized carbons (Fsp3) is 0.278. The van der Waals surface area contributed by atoms with Crippen molar-refractivity contribution < 1.29 is 18.1 Å². The van der Waals surface area contributed by atoms with Gasteiger partial charge in [-0.05, 0) is 17.7 Å². The zero-order valence-corrected chi connectivity index (χ0v) is 15.5. The van der Waals surface area contributed by atoms with E-state index in [0.29, 0.717) is 10.6 Å². The first kappa shape index (κ1) is 19.2. The number of halogens is 2. The van der Waals surface area contributed by atoms with Gasteiger partial charge in [0.05, 0.1) is 17.3 Å². The van der Waals surface area contributed by atoms with E-state index in [-0.39, 0.29) is 12.1 Å². The summed E-state index contributed by atoms with van der Waals surface area (Å²) < 4.78 is 40.8. The molecule has 27 heavy (non-hydrogen) atoms. The summed E-state index contributed by atoms with van der Waals surface area (Å²) in [5, 5.41) is 15.9. The first-order valence-electron chi connectivity index (χ1n) is 8.11. The van der Waals surface area contributed by atoms with Crippen LogP contribution < -0.4 is 0 Å². The van der Waals surface area contributed by atoms with Crippen molar-refractivity contribution in [2.45, 2.75) is 30.0 Å². The lowest BCUT2D eigenvalue weighted by Gasteiger charge is -2.35. The maximum absolute atomic E-state index is 14.5. The van der Waals surface area contributed by atoms with Crippen LogP contribution in [-0.4, -0.2) is 35.3 Å². The van der Waals surface area contributed by atoms with Crippen molar-refractivity contribution in [3.63, 3.8) is 0 Å². The number of aliphatic hydroxyl groups is 1. The summed E-state index contributed by atoms with van der Waals surface area (Å²) in [5.74, 6) is -2.22. The second kappa shape index (κ2) is 7.61. The molecule has 3 atom stereocenters. The minimum Gasteiger partial charge on any atom is -0.382 e. The van der Waals surface area contributed by atoms with Crippen LogP contribution in [0.1, 0.15) is 24.0 Å². The average molecular weight is 392 g/mol. The molecule has 1 aromatic carbocycles. The van der Waals surface area contributed by atoms with E-state index in [2.05, 4.69) is 15.1 Å². The number of hydrogen-bond acceptors (Lipinski definition) is 5. The lowest BCUT2D eigenvalue weighted by molar-refractivity contribution is -0.0113.